The minimum atomic E-state index is -3.13. The van der Waals surface area contributed by atoms with E-state index in [1.807, 2.05) is 0 Å². The Morgan fingerprint density at radius 2 is 1.67 bits per heavy atom. The molecule has 0 spiro atoms. The molecule has 1 aromatic rings. The van der Waals surface area contributed by atoms with Crippen LogP contribution < -0.4 is 5.32 Å². The monoisotopic (exact) mass is 593 g/mol. The summed E-state index contributed by atoms with van der Waals surface area (Å²) in [6.45, 7) is -1.25. The lowest BCUT2D eigenvalue weighted by atomic mass is 9.72. The predicted molar refractivity (Wildman–Crippen MR) is 137 cm³/mol. The van der Waals surface area contributed by atoms with Gasteiger partial charge >= 0.3 is 0 Å². The number of allylic oxidation sites excluding steroid dienone is 1. The van der Waals surface area contributed by atoms with Gasteiger partial charge in [0.25, 0.3) is 0 Å². The van der Waals surface area contributed by atoms with Crippen LogP contribution in [0.2, 0.25) is 0 Å². The minimum Gasteiger partial charge on any atom is -0.508 e. The number of rotatable bonds is 6. The Hall–Kier alpha value is -3.22. The van der Waals surface area contributed by atoms with Gasteiger partial charge in [-0.3, -0.25) is 9.59 Å². The van der Waals surface area contributed by atoms with Gasteiger partial charge in [-0.25, -0.2) is 0 Å². The second-order valence-electron chi connectivity index (χ2n) is 10.6. The van der Waals surface area contributed by atoms with E-state index in [4.69, 9.17) is 9.47 Å². The SMILES string of the molecule is O=C(/C=C/c1ccc(O)cc1)C1=C(O)C2=C(NC([C@@H]3OC[C@@H](O)[C@H]3O)C2O)C(O)([C@@H]2O[C@H](CO)[C@@H](O)[C@H](O)[C@H]2O)C1=O. The molecule has 15 nitrogen and oxygen atoms in total. The Morgan fingerprint density at radius 1 is 1.00 bits per heavy atom. The van der Waals surface area contributed by atoms with Gasteiger partial charge in [-0.2, -0.15) is 0 Å². The van der Waals surface area contributed by atoms with E-state index in [2.05, 4.69) is 5.32 Å². The van der Waals surface area contributed by atoms with E-state index in [1.54, 1.807) is 0 Å². The molecule has 4 aliphatic rings. The normalized spacial score (nSPS) is 40.5. The minimum absolute atomic E-state index is 0.0495. The first-order valence-corrected chi connectivity index (χ1v) is 13.0. The lowest BCUT2D eigenvalue weighted by molar-refractivity contribution is -0.259. The van der Waals surface area contributed by atoms with Crippen molar-refractivity contribution in [3.8, 4) is 5.75 Å². The number of ketones is 2. The summed E-state index contributed by atoms with van der Waals surface area (Å²) >= 11 is 0. The highest BCUT2D eigenvalue weighted by Gasteiger charge is 2.64. The van der Waals surface area contributed by atoms with Crippen LogP contribution in [0.15, 0.2) is 52.9 Å². The molecule has 228 valence electrons. The van der Waals surface area contributed by atoms with E-state index < -0.39 is 107 Å². The van der Waals surface area contributed by atoms with Crippen LogP contribution in [0.4, 0.5) is 0 Å². The predicted octanol–water partition coefficient (Wildman–Crippen LogP) is -4.35. The molecular weight excluding hydrogens is 562 g/mol. The summed E-state index contributed by atoms with van der Waals surface area (Å²) in [5, 5.41) is 108. The summed E-state index contributed by atoms with van der Waals surface area (Å²) in [5.41, 5.74) is -4.99. The van der Waals surface area contributed by atoms with Gasteiger partial charge in [0.05, 0.1) is 25.0 Å². The topological polar surface area (TPSA) is 267 Å². The zero-order valence-corrected chi connectivity index (χ0v) is 21.8. The van der Waals surface area contributed by atoms with Gasteiger partial charge in [0.2, 0.25) is 5.78 Å². The molecule has 15 heteroatoms. The Labute approximate surface area is 237 Å². The molecule has 0 amide bonds. The number of hydrogen-bond donors (Lipinski definition) is 11. The van der Waals surface area contributed by atoms with E-state index in [0.717, 1.165) is 6.08 Å². The van der Waals surface area contributed by atoms with Gasteiger partial charge in [0.15, 0.2) is 11.4 Å². The smallest absolute Gasteiger partial charge is 0.210 e. The third-order valence-electron chi connectivity index (χ3n) is 8.08. The summed E-state index contributed by atoms with van der Waals surface area (Å²) in [7, 11) is 0. The molecule has 1 aromatic carbocycles. The van der Waals surface area contributed by atoms with Gasteiger partial charge in [-0.05, 0) is 23.8 Å². The molecule has 0 saturated carbocycles. The Bertz CT molecular complexity index is 1340. The lowest BCUT2D eigenvalue weighted by Crippen LogP contribution is -2.69. The molecule has 3 heterocycles. The highest BCUT2D eigenvalue weighted by Crippen LogP contribution is 2.45. The molecule has 11 atom stereocenters. The van der Waals surface area contributed by atoms with Gasteiger partial charge in [-0.15, -0.1) is 0 Å². The van der Waals surface area contributed by atoms with E-state index in [1.165, 1.54) is 30.3 Å². The Balaban J connectivity index is 1.61. The molecule has 2 saturated heterocycles. The molecule has 0 bridgehead atoms. The van der Waals surface area contributed by atoms with Crippen molar-refractivity contribution in [2.24, 2.45) is 0 Å². The molecule has 2 fully saturated rings. The van der Waals surface area contributed by atoms with E-state index in [9.17, 15) is 60.7 Å². The van der Waals surface area contributed by atoms with Crippen molar-refractivity contribution in [2.75, 3.05) is 13.2 Å². The number of benzene rings is 1. The summed E-state index contributed by atoms with van der Waals surface area (Å²) < 4.78 is 10.8. The Kier molecular flexibility index (Phi) is 8.01. The van der Waals surface area contributed by atoms with Crippen molar-refractivity contribution >= 4 is 17.6 Å². The number of aliphatic hydroxyl groups excluding tert-OH is 8. The summed E-state index contributed by atoms with van der Waals surface area (Å²) in [5.74, 6) is -3.76. The fraction of sp³-hybridized carbons (Fsp3) is 0.481. The molecule has 11 N–H and O–H groups in total. The maximum atomic E-state index is 13.9. The number of carbonyl (C=O) groups is 2. The number of Topliss-reactive ketones (excluding diaryl/α,β-unsaturated/α-hetero) is 1. The standard InChI is InChI=1S/C27H31NO14/c29-7-13-18(34)21(37)22(38)26(42-13)27(40)24-15(20(36)16(28-24)23-17(33)12(32)8-41-23)19(35)14(25(27)39)11(31)6-3-9-1-4-10(30)5-2-9/h1-6,12-13,16-18,20-23,26,28-30,32-38,40H,7-8H2/b6-3+/t12-,13-,16?,17-,18-,20?,21+,22-,23+,26-,27?/m1/s1. The molecular formula is C27H31NO14. The summed E-state index contributed by atoms with van der Waals surface area (Å²) in [6, 6.07) is 4.14. The van der Waals surface area contributed by atoms with Crippen LogP contribution in [0, 0.1) is 0 Å². The van der Waals surface area contributed by atoms with Crippen LogP contribution in [0.3, 0.4) is 0 Å². The average molecular weight is 594 g/mol. The number of phenolic OH excluding ortho intramolecular Hbond substituents is 1. The fourth-order valence-electron chi connectivity index (χ4n) is 5.76. The number of aliphatic hydroxyl groups is 9. The van der Waals surface area contributed by atoms with Gasteiger partial charge < -0.3 is 65.9 Å². The first kappa shape index (κ1) is 30.2. The van der Waals surface area contributed by atoms with Crippen molar-refractivity contribution in [1.29, 1.82) is 0 Å². The molecule has 1 aliphatic carbocycles. The van der Waals surface area contributed by atoms with Crippen molar-refractivity contribution < 1.29 is 70.1 Å². The first-order chi connectivity index (χ1) is 19.8. The van der Waals surface area contributed by atoms with Crippen molar-refractivity contribution in [2.45, 2.75) is 66.6 Å². The largest absolute Gasteiger partial charge is 0.508 e. The van der Waals surface area contributed by atoms with E-state index in [0.29, 0.717) is 5.56 Å². The van der Waals surface area contributed by atoms with Crippen LogP contribution in [-0.2, 0) is 19.1 Å². The van der Waals surface area contributed by atoms with Gasteiger partial charge in [0, 0.05) is 5.57 Å². The van der Waals surface area contributed by atoms with Gasteiger partial charge in [0.1, 0.15) is 72.0 Å². The Morgan fingerprint density at radius 3 is 2.26 bits per heavy atom. The molecule has 3 unspecified atom stereocenters. The first-order valence-electron chi connectivity index (χ1n) is 13.0. The molecule has 0 aromatic heterocycles. The third kappa shape index (κ3) is 4.64. The van der Waals surface area contributed by atoms with Gasteiger partial charge in [-0.1, -0.05) is 18.2 Å². The summed E-state index contributed by atoms with van der Waals surface area (Å²) in [6.07, 6.45) is -13.8. The van der Waals surface area contributed by atoms with Crippen molar-refractivity contribution in [3.05, 3.63) is 58.5 Å². The van der Waals surface area contributed by atoms with Crippen LogP contribution in [-0.4, -0.2) is 142 Å². The third-order valence-corrected chi connectivity index (χ3v) is 8.08. The molecule has 0 radical (unpaired) electrons. The van der Waals surface area contributed by atoms with Crippen LogP contribution in [0.5, 0.6) is 5.75 Å². The van der Waals surface area contributed by atoms with Crippen LogP contribution in [0.25, 0.3) is 6.08 Å². The fourth-order valence-corrected chi connectivity index (χ4v) is 5.76. The number of phenols is 1. The second-order valence-corrected chi connectivity index (χ2v) is 10.6. The van der Waals surface area contributed by atoms with Crippen LogP contribution >= 0.6 is 0 Å². The lowest BCUT2D eigenvalue weighted by Gasteiger charge is -2.47. The maximum absolute atomic E-state index is 13.9. The van der Waals surface area contributed by atoms with Crippen molar-refractivity contribution in [1.82, 2.24) is 5.32 Å². The highest BCUT2D eigenvalue weighted by molar-refractivity contribution is 6.29. The second kappa shape index (κ2) is 11.1. The van der Waals surface area contributed by atoms with Crippen LogP contribution in [0.1, 0.15) is 5.56 Å². The number of hydrogen-bond acceptors (Lipinski definition) is 15. The quantitative estimate of drug-likeness (QED) is 0.110. The maximum Gasteiger partial charge on any atom is 0.210 e. The van der Waals surface area contributed by atoms with Crippen molar-refractivity contribution in [3.63, 3.8) is 0 Å². The van der Waals surface area contributed by atoms with E-state index in [-0.39, 0.29) is 12.4 Å². The average Bonchev–Trinajstić information content (AvgIpc) is 3.48. The molecule has 42 heavy (non-hydrogen) atoms. The zero-order valence-electron chi connectivity index (χ0n) is 21.8. The zero-order chi connectivity index (χ0) is 30.7. The number of carbonyl (C=O) groups excluding carboxylic acids is 2. The molecule has 5 rings (SSSR count). The molecule has 3 aliphatic heterocycles. The number of aromatic hydroxyl groups is 1. The number of nitrogens with one attached hydrogen (secondary N) is 1. The summed E-state index contributed by atoms with van der Waals surface area (Å²) in [4.78, 5) is 27.3. The van der Waals surface area contributed by atoms with E-state index >= 15 is 0 Å². The highest BCUT2D eigenvalue weighted by atomic mass is 16.6. The number of ether oxygens (including phenoxy) is 2.